The van der Waals surface area contributed by atoms with Crippen LogP contribution in [0, 0.1) is 5.82 Å². The molecular weight excluding hydrogens is 347 g/mol. The third kappa shape index (κ3) is 2.92. The first-order valence-electron chi connectivity index (χ1n) is 8.96. The highest BCUT2D eigenvalue weighted by Crippen LogP contribution is 2.29. The second kappa shape index (κ2) is 6.63. The molecular formula is C21H20FN2O3+. The number of hydrogen-bond acceptors (Lipinski definition) is 3. The molecule has 138 valence electrons. The van der Waals surface area contributed by atoms with Crippen LogP contribution in [-0.4, -0.2) is 25.4 Å². The lowest BCUT2D eigenvalue weighted by Gasteiger charge is -2.21. The molecule has 3 aromatic rings. The number of halogens is 1. The van der Waals surface area contributed by atoms with E-state index in [0.717, 1.165) is 33.6 Å². The highest BCUT2D eigenvalue weighted by molar-refractivity contribution is 6.52. The van der Waals surface area contributed by atoms with Crippen LogP contribution < -0.4 is 9.80 Å². The number of carbonyl (C=O) groups is 2. The Balaban J connectivity index is 1.61. The number of carbonyl (C=O) groups excluding carboxylic acids is 2. The number of aryl methyl sites for hydroxylation is 1. The second-order valence-electron chi connectivity index (χ2n) is 6.87. The number of ketones is 1. The summed E-state index contributed by atoms with van der Waals surface area (Å²) in [5.74, 6) is -0.734. The molecule has 1 aliphatic heterocycles. The molecule has 0 radical (unpaired) electrons. The zero-order valence-electron chi connectivity index (χ0n) is 15.2. The number of fused-ring (bicyclic) bond motifs is 2. The molecule has 0 spiro atoms. The van der Waals surface area contributed by atoms with E-state index in [2.05, 4.69) is 0 Å². The van der Waals surface area contributed by atoms with Gasteiger partial charge in [-0.3, -0.25) is 14.5 Å². The van der Waals surface area contributed by atoms with Crippen LogP contribution in [-0.2, 0) is 17.8 Å². The molecule has 1 aromatic heterocycles. The predicted molar refractivity (Wildman–Crippen MR) is 99.3 cm³/mol. The van der Waals surface area contributed by atoms with Crippen molar-refractivity contribution < 1.29 is 23.3 Å². The van der Waals surface area contributed by atoms with Crippen LogP contribution in [0.15, 0.2) is 46.9 Å². The Kier molecular flexibility index (Phi) is 4.28. The number of anilines is 1. The number of rotatable bonds is 5. The topological polar surface area (TPSA) is 55.0 Å². The Labute approximate surface area is 156 Å². The second-order valence-corrected chi connectivity index (χ2v) is 6.87. The summed E-state index contributed by atoms with van der Waals surface area (Å²) in [5, 5.41) is 1.06. The summed E-state index contributed by atoms with van der Waals surface area (Å²) >= 11 is 0. The molecule has 5 nitrogen and oxygen atoms in total. The predicted octanol–water partition coefficient (Wildman–Crippen LogP) is 2.34. The van der Waals surface area contributed by atoms with Gasteiger partial charge in [0.2, 0.25) is 0 Å². The SMILES string of the molecule is CCc1oc2ccccc2c1C[NH+](C)CN1C(=O)C(=O)c2ccc(F)cc21. The van der Waals surface area contributed by atoms with Crippen molar-refractivity contribution in [3.05, 3.63) is 65.2 Å². The summed E-state index contributed by atoms with van der Waals surface area (Å²) in [6.07, 6.45) is 0.770. The summed E-state index contributed by atoms with van der Waals surface area (Å²) in [4.78, 5) is 26.9. The molecule has 2 heterocycles. The third-order valence-corrected chi connectivity index (χ3v) is 4.94. The standard InChI is InChI=1S/C21H19FN2O3/c1-3-18-16(14-6-4-5-7-19(14)27-18)11-23(2)12-24-17-10-13(22)8-9-15(17)20(25)21(24)26/h4-10H,3,11-12H2,1-2H3/p+1. The van der Waals surface area contributed by atoms with Crippen molar-refractivity contribution in [3.8, 4) is 0 Å². The van der Waals surface area contributed by atoms with Gasteiger partial charge in [0.25, 0.3) is 5.78 Å². The van der Waals surface area contributed by atoms with Crippen molar-refractivity contribution >= 4 is 28.3 Å². The minimum Gasteiger partial charge on any atom is -0.461 e. The zero-order valence-corrected chi connectivity index (χ0v) is 15.2. The minimum absolute atomic E-state index is 0.261. The van der Waals surface area contributed by atoms with Crippen LogP contribution in [0.4, 0.5) is 10.1 Å². The maximum Gasteiger partial charge on any atom is 0.303 e. The smallest absolute Gasteiger partial charge is 0.303 e. The summed E-state index contributed by atoms with van der Waals surface area (Å²) in [7, 11) is 1.94. The number of amides is 1. The maximum atomic E-state index is 13.6. The Morgan fingerprint density at radius 2 is 1.93 bits per heavy atom. The third-order valence-electron chi connectivity index (χ3n) is 4.94. The van der Waals surface area contributed by atoms with Crippen LogP contribution in [0.2, 0.25) is 0 Å². The Morgan fingerprint density at radius 3 is 2.70 bits per heavy atom. The van der Waals surface area contributed by atoms with Gasteiger partial charge in [-0.05, 0) is 24.3 Å². The number of nitrogens with one attached hydrogen (secondary N) is 1. The van der Waals surface area contributed by atoms with Gasteiger partial charge >= 0.3 is 5.91 Å². The highest BCUT2D eigenvalue weighted by Gasteiger charge is 2.37. The highest BCUT2D eigenvalue weighted by atomic mass is 19.1. The first-order chi connectivity index (χ1) is 13.0. The summed E-state index contributed by atoms with van der Waals surface area (Å²) in [5.41, 5.74) is 2.55. The van der Waals surface area contributed by atoms with E-state index >= 15 is 0 Å². The zero-order chi connectivity index (χ0) is 19.1. The van der Waals surface area contributed by atoms with E-state index in [1.807, 2.05) is 38.2 Å². The lowest BCUT2D eigenvalue weighted by molar-refractivity contribution is -0.892. The van der Waals surface area contributed by atoms with Gasteiger partial charge in [0.1, 0.15) is 23.7 Å². The van der Waals surface area contributed by atoms with E-state index in [4.69, 9.17) is 4.42 Å². The maximum absolute atomic E-state index is 13.6. The van der Waals surface area contributed by atoms with Gasteiger partial charge in [0, 0.05) is 11.8 Å². The number of quaternary nitrogens is 1. The van der Waals surface area contributed by atoms with Crippen molar-refractivity contribution in [2.75, 3.05) is 18.6 Å². The van der Waals surface area contributed by atoms with E-state index in [9.17, 15) is 14.0 Å². The first kappa shape index (κ1) is 17.4. The quantitative estimate of drug-likeness (QED) is 0.705. The number of nitrogens with zero attached hydrogens (tertiary/aromatic N) is 1. The van der Waals surface area contributed by atoms with Gasteiger partial charge in [-0.15, -0.1) is 0 Å². The Hall–Kier alpha value is -2.99. The molecule has 0 saturated heterocycles. The van der Waals surface area contributed by atoms with Crippen molar-refractivity contribution in [2.24, 2.45) is 0 Å². The molecule has 0 saturated carbocycles. The normalized spacial score (nSPS) is 14.9. The molecule has 6 heteroatoms. The Bertz CT molecular complexity index is 1060. The van der Waals surface area contributed by atoms with Gasteiger partial charge in [-0.1, -0.05) is 25.1 Å². The lowest BCUT2D eigenvalue weighted by atomic mass is 10.1. The molecule has 27 heavy (non-hydrogen) atoms. The molecule has 1 N–H and O–H groups in total. The average Bonchev–Trinajstić information content (AvgIpc) is 3.12. The van der Waals surface area contributed by atoms with Crippen molar-refractivity contribution in [1.82, 2.24) is 0 Å². The molecule has 0 bridgehead atoms. The molecule has 1 aliphatic rings. The van der Waals surface area contributed by atoms with Gasteiger partial charge < -0.3 is 9.32 Å². The number of Topliss-reactive ketones (excluding diaryl/α,β-unsaturated/α-hetero) is 1. The fourth-order valence-corrected chi connectivity index (χ4v) is 3.68. The molecule has 0 fully saturated rings. The van der Waals surface area contributed by atoms with Gasteiger partial charge in [0.15, 0.2) is 6.67 Å². The van der Waals surface area contributed by atoms with E-state index < -0.39 is 17.5 Å². The van der Waals surface area contributed by atoms with Crippen LogP contribution in [0.5, 0.6) is 0 Å². The molecule has 2 aromatic carbocycles. The molecule has 1 unspecified atom stereocenters. The van der Waals surface area contributed by atoms with Crippen molar-refractivity contribution in [2.45, 2.75) is 19.9 Å². The van der Waals surface area contributed by atoms with E-state index in [0.29, 0.717) is 12.2 Å². The van der Waals surface area contributed by atoms with Crippen LogP contribution in [0.3, 0.4) is 0 Å². The van der Waals surface area contributed by atoms with Gasteiger partial charge in [-0.25, -0.2) is 4.39 Å². The molecule has 0 aliphatic carbocycles. The fraction of sp³-hybridized carbons (Fsp3) is 0.238. The summed E-state index contributed by atoms with van der Waals surface area (Å²) < 4.78 is 19.6. The van der Waals surface area contributed by atoms with Crippen molar-refractivity contribution in [1.29, 1.82) is 0 Å². The first-order valence-corrected chi connectivity index (χ1v) is 8.96. The van der Waals surface area contributed by atoms with E-state index in [1.165, 1.54) is 23.1 Å². The van der Waals surface area contributed by atoms with Crippen LogP contribution in [0.25, 0.3) is 11.0 Å². The number of benzene rings is 2. The molecule has 1 atom stereocenters. The average molecular weight is 367 g/mol. The largest absolute Gasteiger partial charge is 0.461 e. The monoisotopic (exact) mass is 367 g/mol. The van der Waals surface area contributed by atoms with Gasteiger partial charge in [-0.2, -0.15) is 0 Å². The van der Waals surface area contributed by atoms with Crippen molar-refractivity contribution in [3.63, 3.8) is 0 Å². The summed E-state index contributed by atoms with van der Waals surface area (Å²) in [6, 6.07) is 11.7. The minimum atomic E-state index is -0.609. The Morgan fingerprint density at radius 1 is 1.15 bits per heavy atom. The fourth-order valence-electron chi connectivity index (χ4n) is 3.68. The molecule has 4 rings (SSSR count). The van der Waals surface area contributed by atoms with Gasteiger partial charge in [0.05, 0.1) is 23.9 Å². The van der Waals surface area contributed by atoms with Crippen LogP contribution >= 0.6 is 0 Å². The number of para-hydroxylation sites is 1. The lowest BCUT2D eigenvalue weighted by Crippen LogP contribution is -3.09. The van der Waals surface area contributed by atoms with E-state index in [-0.39, 0.29) is 12.2 Å². The van der Waals surface area contributed by atoms with Crippen LogP contribution in [0.1, 0.15) is 28.6 Å². The summed E-state index contributed by atoms with van der Waals surface area (Å²) in [6.45, 7) is 2.94. The molecule has 1 amide bonds. The number of furan rings is 1. The van der Waals surface area contributed by atoms with E-state index in [1.54, 1.807) is 0 Å². The number of hydrogen-bond donors (Lipinski definition) is 1.